The third kappa shape index (κ3) is 4.56. The van der Waals surface area contributed by atoms with E-state index in [4.69, 9.17) is 11.6 Å². The Labute approximate surface area is 132 Å². The van der Waals surface area contributed by atoms with E-state index in [0.29, 0.717) is 17.3 Å². The molecule has 2 amide bonds. The summed E-state index contributed by atoms with van der Waals surface area (Å²) in [5, 5.41) is 16.0. The van der Waals surface area contributed by atoms with Gasteiger partial charge in [0.25, 0.3) is 0 Å². The molecule has 6 nitrogen and oxygen atoms in total. The molecule has 116 valence electrons. The largest absolute Gasteiger partial charge is 0.339 e. The summed E-state index contributed by atoms with van der Waals surface area (Å²) in [5.41, 5.74) is 0.582. The molecule has 1 aromatic carbocycles. The van der Waals surface area contributed by atoms with E-state index in [-0.39, 0.29) is 17.1 Å². The van der Waals surface area contributed by atoms with Crippen LogP contribution in [-0.4, -0.2) is 22.3 Å². The van der Waals surface area contributed by atoms with Crippen molar-refractivity contribution >= 4 is 35.0 Å². The molecule has 0 unspecified atom stereocenters. The molecule has 0 bridgehead atoms. The zero-order chi connectivity index (χ0) is 16.1. The van der Waals surface area contributed by atoms with Crippen LogP contribution in [0.15, 0.2) is 30.3 Å². The lowest BCUT2D eigenvalue weighted by atomic mass is 10.3. The first-order valence-corrected chi connectivity index (χ1v) is 6.95. The van der Waals surface area contributed by atoms with Crippen LogP contribution in [-0.2, 0) is 0 Å². The van der Waals surface area contributed by atoms with Gasteiger partial charge in [0.15, 0.2) is 11.6 Å². The van der Waals surface area contributed by atoms with E-state index in [9.17, 15) is 9.18 Å². The van der Waals surface area contributed by atoms with E-state index in [1.807, 2.05) is 13.8 Å². The number of aromatic nitrogens is 2. The molecular weight excluding hydrogens is 309 g/mol. The highest BCUT2D eigenvalue weighted by molar-refractivity contribution is 6.31. The summed E-state index contributed by atoms with van der Waals surface area (Å²) in [6.45, 7) is 3.71. The number of anilines is 3. The Balaban J connectivity index is 1.99. The number of nitrogens with one attached hydrogen (secondary N) is 3. The lowest BCUT2D eigenvalue weighted by molar-refractivity contribution is 0.250. The molecule has 1 heterocycles. The summed E-state index contributed by atoms with van der Waals surface area (Å²) in [4.78, 5) is 11.5. The Morgan fingerprint density at radius 2 is 1.86 bits per heavy atom. The van der Waals surface area contributed by atoms with E-state index in [1.54, 1.807) is 12.1 Å². The number of halogens is 2. The highest BCUT2D eigenvalue weighted by Gasteiger charge is 2.06. The summed E-state index contributed by atoms with van der Waals surface area (Å²) in [7, 11) is 0. The highest BCUT2D eigenvalue weighted by Crippen LogP contribution is 2.21. The first-order valence-electron chi connectivity index (χ1n) is 6.57. The molecule has 0 aliphatic heterocycles. The van der Waals surface area contributed by atoms with Crippen molar-refractivity contribution in [1.82, 2.24) is 15.5 Å². The maximum Gasteiger partial charge on any atom is 0.320 e. The molecule has 0 saturated carbocycles. The molecule has 1 aromatic heterocycles. The first-order chi connectivity index (χ1) is 10.4. The number of urea groups is 1. The number of hydrogen-bond donors (Lipinski definition) is 3. The van der Waals surface area contributed by atoms with Gasteiger partial charge in [-0.25, -0.2) is 9.18 Å². The van der Waals surface area contributed by atoms with Gasteiger partial charge in [-0.2, -0.15) is 0 Å². The number of carbonyl (C=O) groups excluding carboxylic acids is 1. The van der Waals surface area contributed by atoms with Crippen LogP contribution in [0, 0.1) is 5.82 Å². The van der Waals surface area contributed by atoms with E-state index in [2.05, 4.69) is 26.1 Å². The number of carbonyl (C=O) groups is 1. The van der Waals surface area contributed by atoms with Gasteiger partial charge in [0.05, 0.1) is 5.02 Å². The smallest absolute Gasteiger partial charge is 0.320 e. The molecule has 0 aliphatic rings. The van der Waals surface area contributed by atoms with Crippen LogP contribution in [0.5, 0.6) is 0 Å². The Kier molecular flexibility index (Phi) is 5.11. The van der Waals surface area contributed by atoms with Crippen LogP contribution in [0.4, 0.5) is 26.5 Å². The molecule has 22 heavy (non-hydrogen) atoms. The fourth-order valence-electron chi connectivity index (χ4n) is 1.60. The van der Waals surface area contributed by atoms with Gasteiger partial charge in [-0.1, -0.05) is 11.6 Å². The van der Waals surface area contributed by atoms with Crippen molar-refractivity contribution in [3.05, 3.63) is 41.2 Å². The third-order valence-electron chi connectivity index (χ3n) is 2.52. The van der Waals surface area contributed by atoms with Crippen molar-refractivity contribution in [2.24, 2.45) is 0 Å². The van der Waals surface area contributed by atoms with Crippen molar-refractivity contribution in [3.63, 3.8) is 0 Å². The maximum absolute atomic E-state index is 13.1. The normalized spacial score (nSPS) is 10.4. The molecule has 2 aromatic rings. The number of amides is 2. The second kappa shape index (κ2) is 7.04. The van der Waals surface area contributed by atoms with Crippen LogP contribution < -0.4 is 16.0 Å². The first kappa shape index (κ1) is 16.0. The van der Waals surface area contributed by atoms with Crippen LogP contribution in [0.2, 0.25) is 5.02 Å². The SMILES string of the molecule is CC(C)NC(=O)Nc1ccc(Nc2ccc(F)c(Cl)c2)nn1. The molecule has 8 heteroatoms. The van der Waals surface area contributed by atoms with E-state index < -0.39 is 5.82 Å². The Hall–Kier alpha value is -2.41. The van der Waals surface area contributed by atoms with Crippen LogP contribution >= 0.6 is 11.6 Å². The summed E-state index contributed by atoms with van der Waals surface area (Å²) < 4.78 is 13.1. The average molecular weight is 324 g/mol. The molecule has 0 fully saturated rings. The molecular formula is C14H15ClFN5O. The molecule has 0 atom stereocenters. The molecule has 0 spiro atoms. The van der Waals surface area contributed by atoms with Crippen molar-refractivity contribution in [3.8, 4) is 0 Å². The number of benzene rings is 1. The fraction of sp³-hybridized carbons (Fsp3) is 0.214. The third-order valence-corrected chi connectivity index (χ3v) is 2.81. The Morgan fingerprint density at radius 3 is 2.45 bits per heavy atom. The lowest BCUT2D eigenvalue weighted by Crippen LogP contribution is -2.34. The van der Waals surface area contributed by atoms with E-state index in [1.165, 1.54) is 18.2 Å². The zero-order valence-corrected chi connectivity index (χ0v) is 12.8. The summed E-state index contributed by atoms with van der Waals surface area (Å²) >= 11 is 5.70. The minimum atomic E-state index is -0.492. The van der Waals surface area contributed by atoms with Crippen molar-refractivity contribution in [2.75, 3.05) is 10.6 Å². The van der Waals surface area contributed by atoms with Gasteiger partial charge in [-0.15, -0.1) is 10.2 Å². The van der Waals surface area contributed by atoms with Crippen molar-refractivity contribution in [1.29, 1.82) is 0 Å². The Bertz CT molecular complexity index is 663. The average Bonchev–Trinajstić information content (AvgIpc) is 2.44. The quantitative estimate of drug-likeness (QED) is 0.804. The summed E-state index contributed by atoms with van der Waals surface area (Å²) in [6, 6.07) is 7.14. The number of nitrogens with zero attached hydrogens (tertiary/aromatic N) is 2. The Morgan fingerprint density at radius 1 is 1.18 bits per heavy atom. The molecule has 2 rings (SSSR count). The second-order valence-corrected chi connectivity index (χ2v) is 5.22. The maximum atomic E-state index is 13.1. The van der Waals surface area contributed by atoms with Crippen LogP contribution in [0.3, 0.4) is 0 Å². The predicted molar refractivity (Wildman–Crippen MR) is 84.0 cm³/mol. The molecule has 3 N–H and O–H groups in total. The van der Waals surface area contributed by atoms with Gasteiger partial charge in [-0.05, 0) is 44.2 Å². The second-order valence-electron chi connectivity index (χ2n) is 4.81. The highest BCUT2D eigenvalue weighted by atomic mass is 35.5. The fourth-order valence-corrected chi connectivity index (χ4v) is 1.78. The van der Waals surface area contributed by atoms with Gasteiger partial charge in [0.2, 0.25) is 0 Å². The standard InChI is InChI=1S/C14H15ClFN5O/c1-8(2)17-14(22)19-13-6-5-12(20-21-13)18-9-3-4-11(16)10(15)7-9/h3-8H,1-2H3,(H,18,20)(H2,17,19,21,22). The van der Waals surface area contributed by atoms with Crippen LogP contribution in [0.1, 0.15) is 13.8 Å². The van der Waals surface area contributed by atoms with E-state index in [0.717, 1.165) is 0 Å². The number of rotatable bonds is 4. The van der Waals surface area contributed by atoms with Gasteiger partial charge < -0.3 is 10.6 Å². The minimum absolute atomic E-state index is 0.0154. The van der Waals surface area contributed by atoms with Crippen molar-refractivity contribution in [2.45, 2.75) is 19.9 Å². The minimum Gasteiger partial charge on any atom is -0.339 e. The molecule has 0 radical (unpaired) electrons. The van der Waals surface area contributed by atoms with Gasteiger partial charge in [0, 0.05) is 11.7 Å². The van der Waals surface area contributed by atoms with Gasteiger partial charge in [-0.3, -0.25) is 5.32 Å². The van der Waals surface area contributed by atoms with Gasteiger partial charge >= 0.3 is 6.03 Å². The van der Waals surface area contributed by atoms with Crippen molar-refractivity contribution < 1.29 is 9.18 Å². The molecule has 0 saturated heterocycles. The van der Waals surface area contributed by atoms with E-state index >= 15 is 0 Å². The van der Waals surface area contributed by atoms with Gasteiger partial charge in [0.1, 0.15) is 5.82 Å². The summed E-state index contributed by atoms with van der Waals surface area (Å²) in [5.74, 6) is 0.271. The molecule has 0 aliphatic carbocycles. The van der Waals surface area contributed by atoms with Crippen LogP contribution in [0.25, 0.3) is 0 Å². The lowest BCUT2D eigenvalue weighted by Gasteiger charge is -2.10. The topological polar surface area (TPSA) is 78.9 Å². The predicted octanol–water partition coefficient (Wildman–Crippen LogP) is 3.54. The summed E-state index contributed by atoms with van der Waals surface area (Å²) in [6.07, 6.45) is 0. The number of hydrogen-bond acceptors (Lipinski definition) is 4. The monoisotopic (exact) mass is 323 g/mol. The zero-order valence-electron chi connectivity index (χ0n) is 12.0.